The lowest BCUT2D eigenvalue weighted by Crippen LogP contribution is -2.48. The van der Waals surface area contributed by atoms with E-state index in [1.165, 1.54) is 18.2 Å². The van der Waals surface area contributed by atoms with Crippen LogP contribution < -0.4 is 10.6 Å². The summed E-state index contributed by atoms with van der Waals surface area (Å²) in [4.78, 5) is 24.2. The first-order valence-electron chi connectivity index (χ1n) is 9.33. The van der Waals surface area contributed by atoms with E-state index in [0.717, 1.165) is 30.5 Å². The second-order valence-electron chi connectivity index (χ2n) is 7.10. The summed E-state index contributed by atoms with van der Waals surface area (Å²) in [7, 11) is 0. The Bertz CT molecular complexity index is 857. The largest absolute Gasteiger partial charge is 0.335 e. The standard InChI is InChI=1S/C19H24ClN5O2S/c1-12-7-8-14(9-15(12)20)25-11-21-24-19(25)28-10-17(26)23-18(27)22-16-6-4-3-5-13(16)2/h7-9,11,13,16H,3-6,10H2,1-2H3,(H2,22,23,26,27). The summed E-state index contributed by atoms with van der Waals surface area (Å²) in [5.41, 5.74) is 1.79. The summed E-state index contributed by atoms with van der Waals surface area (Å²) >= 11 is 7.40. The Labute approximate surface area is 173 Å². The normalized spacial score (nSPS) is 19.2. The number of nitrogens with zero attached hydrogens (tertiary/aromatic N) is 3. The van der Waals surface area contributed by atoms with Crippen LogP contribution in [-0.4, -0.2) is 38.5 Å². The molecule has 1 aromatic heterocycles. The number of aromatic nitrogens is 3. The Kier molecular flexibility index (Phi) is 6.96. The number of urea groups is 1. The Balaban J connectivity index is 1.53. The van der Waals surface area contributed by atoms with Gasteiger partial charge in [0.15, 0.2) is 5.16 Å². The van der Waals surface area contributed by atoms with E-state index in [0.29, 0.717) is 16.1 Å². The minimum Gasteiger partial charge on any atom is -0.335 e. The summed E-state index contributed by atoms with van der Waals surface area (Å²) in [6.45, 7) is 4.06. The maximum atomic E-state index is 12.1. The average molecular weight is 422 g/mol. The maximum Gasteiger partial charge on any atom is 0.321 e. The SMILES string of the molecule is Cc1ccc(-n2cnnc2SCC(=O)NC(=O)NC2CCCCC2C)cc1Cl. The highest BCUT2D eigenvalue weighted by Crippen LogP contribution is 2.24. The number of rotatable bonds is 5. The molecular formula is C19H24ClN5O2S. The summed E-state index contributed by atoms with van der Waals surface area (Å²) < 4.78 is 1.76. The second kappa shape index (κ2) is 9.43. The topological polar surface area (TPSA) is 88.9 Å². The first kappa shape index (κ1) is 20.7. The fourth-order valence-corrected chi connectivity index (χ4v) is 4.16. The molecule has 3 amide bonds. The molecule has 3 rings (SSSR count). The molecule has 9 heteroatoms. The van der Waals surface area contributed by atoms with Crippen molar-refractivity contribution in [3.05, 3.63) is 35.1 Å². The van der Waals surface area contributed by atoms with Crippen molar-refractivity contribution in [2.75, 3.05) is 5.75 Å². The number of benzene rings is 1. The number of imide groups is 1. The lowest BCUT2D eigenvalue weighted by atomic mass is 9.86. The van der Waals surface area contributed by atoms with E-state index in [4.69, 9.17) is 11.6 Å². The molecular weight excluding hydrogens is 398 g/mol. The van der Waals surface area contributed by atoms with Crippen molar-refractivity contribution in [2.45, 2.75) is 50.7 Å². The van der Waals surface area contributed by atoms with Gasteiger partial charge in [0.1, 0.15) is 6.33 Å². The van der Waals surface area contributed by atoms with Crippen LogP contribution in [0.4, 0.5) is 4.79 Å². The number of hydrogen-bond donors (Lipinski definition) is 2. The fourth-order valence-electron chi connectivity index (χ4n) is 3.26. The molecule has 1 fully saturated rings. The molecule has 1 aromatic carbocycles. The molecule has 0 radical (unpaired) electrons. The number of nitrogens with one attached hydrogen (secondary N) is 2. The van der Waals surface area contributed by atoms with Crippen LogP contribution in [0.3, 0.4) is 0 Å². The van der Waals surface area contributed by atoms with Gasteiger partial charge >= 0.3 is 6.03 Å². The van der Waals surface area contributed by atoms with Crippen LogP contribution >= 0.6 is 23.4 Å². The third kappa shape index (κ3) is 5.26. The average Bonchev–Trinajstić information content (AvgIpc) is 3.13. The summed E-state index contributed by atoms with van der Waals surface area (Å²) in [6.07, 6.45) is 5.94. The van der Waals surface area contributed by atoms with Crippen molar-refractivity contribution in [2.24, 2.45) is 5.92 Å². The van der Waals surface area contributed by atoms with Gasteiger partial charge < -0.3 is 5.32 Å². The molecule has 2 aromatic rings. The highest BCUT2D eigenvalue weighted by molar-refractivity contribution is 7.99. The molecule has 2 atom stereocenters. The predicted octanol–water partition coefficient (Wildman–Crippen LogP) is 3.73. The van der Waals surface area contributed by atoms with Crippen molar-refractivity contribution < 1.29 is 9.59 Å². The van der Waals surface area contributed by atoms with Gasteiger partial charge in [-0.2, -0.15) is 0 Å². The molecule has 1 saturated carbocycles. The van der Waals surface area contributed by atoms with Crippen LogP contribution in [0.1, 0.15) is 38.2 Å². The summed E-state index contributed by atoms with van der Waals surface area (Å²) in [5.74, 6) is 0.123. The number of amides is 3. The summed E-state index contributed by atoms with van der Waals surface area (Å²) in [6, 6.07) is 5.34. The summed E-state index contributed by atoms with van der Waals surface area (Å²) in [5, 5.41) is 14.5. The van der Waals surface area contributed by atoms with Gasteiger partial charge in [-0.3, -0.25) is 14.7 Å². The Hall–Kier alpha value is -2.06. The van der Waals surface area contributed by atoms with Gasteiger partial charge in [0.25, 0.3) is 0 Å². The number of hydrogen-bond acceptors (Lipinski definition) is 5. The molecule has 1 aliphatic rings. The van der Waals surface area contributed by atoms with Gasteiger partial charge in [0.05, 0.1) is 11.4 Å². The molecule has 1 aliphatic carbocycles. The minimum absolute atomic E-state index is 0.0614. The first-order chi connectivity index (χ1) is 13.4. The molecule has 150 valence electrons. The van der Waals surface area contributed by atoms with Crippen LogP contribution in [0.25, 0.3) is 5.69 Å². The number of aryl methyl sites for hydroxylation is 1. The van der Waals surface area contributed by atoms with Gasteiger partial charge in [-0.15, -0.1) is 10.2 Å². The van der Waals surface area contributed by atoms with Crippen molar-refractivity contribution in [3.63, 3.8) is 0 Å². The molecule has 0 bridgehead atoms. The first-order valence-corrected chi connectivity index (χ1v) is 10.7. The number of thioether (sulfide) groups is 1. The number of carbonyl (C=O) groups excluding carboxylic acids is 2. The van der Waals surface area contributed by atoms with Crippen LogP contribution in [0.2, 0.25) is 5.02 Å². The van der Waals surface area contributed by atoms with Crippen LogP contribution in [-0.2, 0) is 4.79 Å². The Morgan fingerprint density at radius 3 is 2.86 bits per heavy atom. The Morgan fingerprint density at radius 1 is 1.32 bits per heavy atom. The van der Waals surface area contributed by atoms with Crippen molar-refractivity contribution in [1.29, 1.82) is 0 Å². The second-order valence-corrected chi connectivity index (χ2v) is 8.45. The zero-order valence-electron chi connectivity index (χ0n) is 15.9. The molecule has 0 spiro atoms. The van der Waals surface area contributed by atoms with Crippen molar-refractivity contribution in [3.8, 4) is 5.69 Å². The smallest absolute Gasteiger partial charge is 0.321 e. The van der Waals surface area contributed by atoms with E-state index in [9.17, 15) is 9.59 Å². The quantitative estimate of drug-likeness (QED) is 0.718. The number of carbonyl (C=O) groups is 2. The molecule has 1 heterocycles. The van der Waals surface area contributed by atoms with Gasteiger partial charge in [-0.1, -0.05) is 49.2 Å². The van der Waals surface area contributed by atoms with Gasteiger partial charge in [0.2, 0.25) is 5.91 Å². The van der Waals surface area contributed by atoms with Gasteiger partial charge in [0, 0.05) is 11.1 Å². The minimum atomic E-state index is -0.434. The highest BCUT2D eigenvalue weighted by Gasteiger charge is 2.23. The molecule has 7 nitrogen and oxygen atoms in total. The van der Waals surface area contributed by atoms with Crippen LogP contribution in [0.5, 0.6) is 0 Å². The zero-order valence-corrected chi connectivity index (χ0v) is 17.5. The van der Waals surface area contributed by atoms with E-state index in [1.807, 2.05) is 25.1 Å². The lowest BCUT2D eigenvalue weighted by Gasteiger charge is -2.29. The fraction of sp³-hybridized carbons (Fsp3) is 0.474. The van der Waals surface area contributed by atoms with Crippen molar-refractivity contribution >= 4 is 35.3 Å². The van der Waals surface area contributed by atoms with Gasteiger partial charge in [-0.25, -0.2) is 4.79 Å². The van der Waals surface area contributed by atoms with E-state index in [2.05, 4.69) is 27.8 Å². The third-order valence-corrected chi connectivity index (χ3v) is 6.31. The van der Waals surface area contributed by atoms with Crippen LogP contribution in [0.15, 0.2) is 29.7 Å². The lowest BCUT2D eigenvalue weighted by molar-refractivity contribution is -0.117. The van der Waals surface area contributed by atoms with E-state index in [-0.39, 0.29) is 17.7 Å². The maximum absolute atomic E-state index is 12.1. The van der Waals surface area contributed by atoms with Gasteiger partial charge in [-0.05, 0) is 43.4 Å². The highest BCUT2D eigenvalue weighted by atomic mass is 35.5. The Morgan fingerprint density at radius 2 is 2.11 bits per heavy atom. The third-order valence-electron chi connectivity index (χ3n) is 4.96. The van der Waals surface area contributed by atoms with E-state index in [1.54, 1.807) is 10.9 Å². The predicted molar refractivity (Wildman–Crippen MR) is 110 cm³/mol. The zero-order chi connectivity index (χ0) is 20.1. The monoisotopic (exact) mass is 421 g/mol. The number of halogens is 1. The van der Waals surface area contributed by atoms with E-state index >= 15 is 0 Å². The van der Waals surface area contributed by atoms with Crippen molar-refractivity contribution in [1.82, 2.24) is 25.4 Å². The van der Waals surface area contributed by atoms with E-state index < -0.39 is 6.03 Å². The van der Waals surface area contributed by atoms with Crippen LogP contribution in [0, 0.1) is 12.8 Å². The molecule has 2 N–H and O–H groups in total. The molecule has 2 unspecified atom stereocenters. The molecule has 0 saturated heterocycles. The molecule has 0 aliphatic heterocycles. The molecule has 28 heavy (non-hydrogen) atoms.